The molecule has 0 spiro atoms. The zero-order valence-electron chi connectivity index (χ0n) is 11.3. The van der Waals surface area contributed by atoms with Crippen molar-refractivity contribution in [2.24, 2.45) is 11.8 Å². The highest BCUT2D eigenvalue weighted by Crippen LogP contribution is 2.18. The second kappa shape index (κ2) is 8.76. The lowest BCUT2D eigenvalue weighted by Gasteiger charge is -2.25. The Morgan fingerprint density at radius 3 is 2.41 bits per heavy atom. The van der Waals surface area contributed by atoms with Crippen molar-refractivity contribution in [3.05, 3.63) is 0 Å². The van der Waals surface area contributed by atoms with Gasteiger partial charge in [-0.15, -0.1) is 12.4 Å². The summed E-state index contributed by atoms with van der Waals surface area (Å²) in [6.07, 6.45) is 3.93. The highest BCUT2D eigenvalue weighted by molar-refractivity contribution is 5.85. The largest absolute Gasteiger partial charge is 0.353 e. The smallest absolute Gasteiger partial charge is 0.220 e. The Labute approximate surface area is 112 Å². The minimum absolute atomic E-state index is 0. The van der Waals surface area contributed by atoms with Gasteiger partial charge >= 0.3 is 0 Å². The fourth-order valence-electron chi connectivity index (χ4n) is 2.34. The molecule has 0 aromatic heterocycles. The Bertz CT molecular complexity index is 215. The van der Waals surface area contributed by atoms with Gasteiger partial charge in [0.15, 0.2) is 0 Å². The third-order valence-electron chi connectivity index (χ3n) is 3.62. The van der Waals surface area contributed by atoms with Crippen molar-refractivity contribution in [1.29, 1.82) is 0 Å². The third kappa shape index (κ3) is 6.27. The zero-order chi connectivity index (χ0) is 12.0. The first kappa shape index (κ1) is 16.7. The van der Waals surface area contributed by atoms with Crippen molar-refractivity contribution in [2.45, 2.75) is 52.5 Å². The summed E-state index contributed by atoms with van der Waals surface area (Å²) in [5.41, 5.74) is 0. The summed E-state index contributed by atoms with van der Waals surface area (Å²) in [6.45, 7) is 8.64. The van der Waals surface area contributed by atoms with Gasteiger partial charge in [-0.05, 0) is 37.8 Å². The number of hydrogen-bond acceptors (Lipinski definition) is 2. The van der Waals surface area contributed by atoms with Gasteiger partial charge in [-0.25, -0.2) is 0 Å². The van der Waals surface area contributed by atoms with Gasteiger partial charge in [0.05, 0.1) is 0 Å². The van der Waals surface area contributed by atoms with Crippen LogP contribution in [-0.2, 0) is 4.79 Å². The number of amides is 1. The predicted octanol–water partition coefficient (Wildman–Crippen LogP) is 2.35. The number of carbonyl (C=O) groups is 1. The van der Waals surface area contributed by atoms with E-state index in [1.165, 1.54) is 0 Å². The van der Waals surface area contributed by atoms with Crippen LogP contribution in [-0.4, -0.2) is 25.0 Å². The number of piperidine rings is 1. The van der Waals surface area contributed by atoms with E-state index in [9.17, 15) is 4.79 Å². The SMILES string of the molecule is CCC(CC(=O)NC1CCNCC1)C(C)C.Cl. The number of halogens is 1. The molecule has 1 rings (SSSR count). The molecule has 0 aromatic carbocycles. The molecular weight excluding hydrogens is 236 g/mol. The molecule has 1 amide bonds. The molecule has 0 aromatic rings. The molecular formula is C13H27ClN2O. The molecule has 1 aliphatic rings. The lowest BCUT2D eigenvalue weighted by molar-refractivity contribution is -0.123. The van der Waals surface area contributed by atoms with Crippen molar-refractivity contribution < 1.29 is 4.79 Å². The molecule has 1 heterocycles. The number of nitrogens with one attached hydrogen (secondary N) is 2. The van der Waals surface area contributed by atoms with Crippen molar-refractivity contribution in [3.8, 4) is 0 Å². The summed E-state index contributed by atoms with van der Waals surface area (Å²) in [5, 5.41) is 6.47. The Morgan fingerprint density at radius 1 is 1.35 bits per heavy atom. The summed E-state index contributed by atoms with van der Waals surface area (Å²) in [6, 6.07) is 0.401. The van der Waals surface area contributed by atoms with Gasteiger partial charge in [0.1, 0.15) is 0 Å². The van der Waals surface area contributed by atoms with Gasteiger partial charge in [0, 0.05) is 12.5 Å². The number of rotatable bonds is 5. The van der Waals surface area contributed by atoms with Crippen LogP contribution in [0.25, 0.3) is 0 Å². The third-order valence-corrected chi connectivity index (χ3v) is 3.62. The van der Waals surface area contributed by atoms with Crippen molar-refractivity contribution >= 4 is 18.3 Å². The second-order valence-corrected chi connectivity index (χ2v) is 5.21. The summed E-state index contributed by atoms with van der Waals surface area (Å²) >= 11 is 0. The van der Waals surface area contributed by atoms with E-state index in [1.54, 1.807) is 0 Å². The van der Waals surface area contributed by atoms with E-state index in [0.717, 1.165) is 32.4 Å². The molecule has 1 fully saturated rings. The minimum atomic E-state index is 0. The number of carbonyl (C=O) groups excluding carboxylic acids is 1. The van der Waals surface area contributed by atoms with Crippen molar-refractivity contribution in [3.63, 3.8) is 0 Å². The van der Waals surface area contributed by atoms with E-state index in [2.05, 4.69) is 31.4 Å². The summed E-state index contributed by atoms with van der Waals surface area (Å²) < 4.78 is 0. The predicted molar refractivity (Wildman–Crippen MR) is 74.5 cm³/mol. The fraction of sp³-hybridized carbons (Fsp3) is 0.923. The van der Waals surface area contributed by atoms with Crippen LogP contribution < -0.4 is 10.6 Å². The van der Waals surface area contributed by atoms with Crippen LogP contribution in [0.5, 0.6) is 0 Å². The van der Waals surface area contributed by atoms with E-state index in [0.29, 0.717) is 24.3 Å². The maximum atomic E-state index is 11.9. The molecule has 1 aliphatic heterocycles. The van der Waals surface area contributed by atoms with Gasteiger partial charge in [-0.2, -0.15) is 0 Å². The standard InChI is InChI=1S/C13H26N2O.ClH/c1-4-11(10(2)3)9-13(16)15-12-5-7-14-8-6-12;/h10-12,14H,4-9H2,1-3H3,(H,15,16);1H. The highest BCUT2D eigenvalue weighted by Gasteiger charge is 2.19. The highest BCUT2D eigenvalue weighted by atomic mass is 35.5. The van der Waals surface area contributed by atoms with E-state index >= 15 is 0 Å². The van der Waals surface area contributed by atoms with Crippen LogP contribution in [0.2, 0.25) is 0 Å². The molecule has 4 heteroatoms. The summed E-state index contributed by atoms with van der Waals surface area (Å²) in [5.74, 6) is 1.37. The molecule has 17 heavy (non-hydrogen) atoms. The Kier molecular flexibility index (Phi) is 8.61. The Morgan fingerprint density at radius 2 is 1.94 bits per heavy atom. The first-order valence-electron chi connectivity index (χ1n) is 6.63. The van der Waals surface area contributed by atoms with Crippen LogP contribution in [0.4, 0.5) is 0 Å². The maximum Gasteiger partial charge on any atom is 0.220 e. The molecule has 1 saturated heterocycles. The van der Waals surface area contributed by atoms with Crippen LogP contribution in [0, 0.1) is 11.8 Å². The summed E-state index contributed by atoms with van der Waals surface area (Å²) in [7, 11) is 0. The summed E-state index contributed by atoms with van der Waals surface area (Å²) in [4.78, 5) is 11.9. The van der Waals surface area contributed by atoms with E-state index < -0.39 is 0 Å². The Balaban J connectivity index is 0.00000256. The van der Waals surface area contributed by atoms with Gasteiger partial charge < -0.3 is 10.6 Å². The molecule has 102 valence electrons. The normalized spacial score (nSPS) is 18.6. The molecule has 0 radical (unpaired) electrons. The Hall–Kier alpha value is -0.280. The fourth-order valence-corrected chi connectivity index (χ4v) is 2.34. The van der Waals surface area contributed by atoms with Crippen molar-refractivity contribution in [2.75, 3.05) is 13.1 Å². The first-order chi connectivity index (χ1) is 7.63. The molecule has 0 bridgehead atoms. The lowest BCUT2D eigenvalue weighted by atomic mass is 9.89. The second-order valence-electron chi connectivity index (χ2n) is 5.21. The van der Waals surface area contributed by atoms with E-state index in [1.807, 2.05) is 0 Å². The topological polar surface area (TPSA) is 41.1 Å². The van der Waals surface area contributed by atoms with Crippen LogP contribution in [0.15, 0.2) is 0 Å². The van der Waals surface area contributed by atoms with Crippen molar-refractivity contribution in [1.82, 2.24) is 10.6 Å². The van der Waals surface area contributed by atoms with Crippen LogP contribution in [0.1, 0.15) is 46.5 Å². The van der Waals surface area contributed by atoms with Gasteiger partial charge in [-0.1, -0.05) is 27.2 Å². The van der Waals surface area contributed by atoms with Crippen LogP contribution in [0.3, 0.4) is 0 Å². The van der Waals surface area contributed by atoms with Gasteiger partial charge in [0.2, 0.25) is 5.91 Å². The molecule has 0 saturated carbocycles. The van der Waals surface area contributed by atoms with E-state index in [4.69, 9.17) is 0 Å². The quantitative estimate of drug-likeness (QED) is 0.799. The molecule has 0 aliphatic carbocycles. The first-order valence-corrected chi connectivity index (χ1v) is 6.63. The van der Waals surface area contributed by atoms with E-state index in [-0.39, 0.29) is 18.3 Å². The molecule has 2 N–H and O–H groups in total. The number of hydrogen-bond donors (Lipinski definition) is 2. The molecule has 1 unspecified atom stereocenters. The average Bonchev–Trinajstić information content (AvgIpc) is 2.27. The maximum absolute atomic E-state index is 11.9. The minimum Gasteiger partial charge on any atom is -0.353 e. The zero-order valence-corrected chi connectivity index (χ0v) is 12.1. The van der Waals surface area contributed by atoms with Gasteiger partial charge in [-0.3, -0.25) is 4.79 Å². The van der Waals surface area contributed by atoms with Gasteiger partial charge in [0.25, 0.3) is 0 Å². The van der Waals surface area contributed by atoms with Crippen LogP contribution >= 0.6 is 12.4 Å². The molecule has 3 nitrogen and oxygen atoms in total. The lowest BCUT2D eigenvalue weighted by Crippen LogP contribution is -2.43. The monoisotopic (exact) mass is 262 g/mol. The average molecular weight is 263 g/mol. The molecule has 1 atom stereocenters.